The predicted molar refractivity (Wildman–Crippen MR) is 92.8 cm³/mol. The average Bonchev–Trinajstić information content (AvgIpc) is 3.04. The molecule has 24 heavy (non-hydrogen) atoms. The summed E-state index contributed by atoms with van der Waals surface area (Å²) in [7, 11) is 0. The van der Waals surface area contributed by atoms with Crippen LogP contribution in [0.5, 0.6) is 11.5 Å². The molecule has 0 aliphatic carbocycles. The Kier molecular flexibility index (Phi) is 4.86. The fourth-order valence-electron chi connectivity index (χ4n) is 2.12. The van der Waals surface area contributed by atoms with Crippen LogP contribution in [0.15, 0.2) is 47.6 Å². The standard InChI is InChI=1S/C17H16ClN3O3/c1-11(20-14-5-3-13(18)4-6-14)17(22)21-19-9-12-2-7-15-16(8-12)24-10-23-15/h2-9,11,20H,10H2,1H3,(H,21,22)/b19-9-/t11-/m1/s1. The number of carbonyl (C=O) groups excluding carboxylic acids is 1. The van der Waals surface area contributed by atoms with Gasteiger partial charge in [0.05, 0.1) is 6.21 Å². The highest BCUT2D eigenvalue weighted by Gasteiger charge is 2.13. The van der Waals surface area contributed by atoms with Crippen LogP contribution >= 0.6 is 11.6 Å². The lowest BCUT2D eigenvalue weighted by molar-refractivity contribution is -0.121. The number of carbonyl (C=O) groups is 1. The molecule has 0 fully saturated rings. The molecule has 6 nitrogen and oxygen atoms in total. The highest BCUT2D eigenvalue weighted by Crippen LogP contribution is 2.31. The molecule has 2 aromatic rings. The number of nitrogens with one attached hydrogen (secondary N) is 2. The number of benzene rings is 2. The monoisotopic (exact) mass is 345 g/mol. The van der Waals surface area contributed by atoms with Gasteiger partial charge in [-0.1, -0.05) is 11.6 Å². The first-order chi connectivity index (χ1) is 11.6. The summed E-state index contributed by atoms with van der Waals surface area (Å²) in [6.07, 6.45) is 1.55. The van der Waals surface area contributed by atoms with E-state index in [4.69, 9.17) is 21.1 Å². The number of hydrazone groups is 1. The van der Waals surface area contributed by atoms with E-state index in [9.17, 15) is 4.79 Å². The molecule has 7 heteroatoms. The molecule has 2 N–H and O–H groups in total. The van der Waals surface area contributed by atoms with Crippen molar-refractivity contribution in [2.75, 3.05) is 12.1 Å². The van der Waals surface area contributed by atoms with Crippen LogP contribution in [-0.2, 0) is 4.79 Å². The SMILES string of the molecule is C[C@@H](Nc1ccc(Cl)cc1)C(=O)N/N=C\c1ccc2c(c1)OCO2. The van der Waals surface area contributed by atoms with E-state index in [1.807, 2.05) is 18.2 Å². The number of nitrogens with zero attached hydrogens (tertiary/aromatic N) is 1. The van der Waals surface area contributed by atoms with Gasteiger partial charge >= 0.3 is 0 Å². The lowest BCUT2D eigenvalue weighted by atomic mass is 10.2. The third-order valence-corrected chi connectivity index (χ3v) is 3.66. The number of halogens is 1. The quantitative estimate of drug-likeness (QED) is 0.645. The Balaban J connectivity index is 1.53. The van der Waals surface area contributed by atoms with Crippen LogP contribution in [0.25, 0.3) is 0 Å². The van der Waals surface area contributed by atoms with Gasteiger partial charge in [-0.15, -0.1) is 0 Å². The summed E-state index contributed by atoms with van der Waals surface area (Å²) < 4.78 is 10.5. The van der Waals surface area contributed by atoms with Crippen molar-refractivity contribution < 1.29 is 14.3 Å². The number of rotatable bonds is 5. The number of hydrogen-bond acceptors (Lipinski definition) is 5. The highest BCUT2D eigenvalue weighted by molar-refractivity contribution is 6.30. The molecule has 1 amide bonds. The van der Waals surface area contributed by atoms with Crippen LogP contribution in [0.3, 0.4) is 0 Å². The van der Waals surface area contributed by atoms with Gasteiger partial charge in [-0.3, -0.25) is 4.79 Å². The molecule has 0 saturated heterocycles. The maximum Gasteiger partial charge on any atom is 0.262 e. The van der Waals surface area contributed by atoms with E-state index in [2.05, 4.69) is 15.8 Å². The molecule has 124 valence electrons. The summed E-state index contributed by atoms with van der Waals surface area (Å²) in [6.45, 7) is 1.97. The summed E-state index contributed by atoms with van der Waals surface area (Å²) in [4.78, 5) is 12.0. The second-order valence-electron chi connectivity index (χ2n) is 5.22. The van der Waals surface area contributed by atoms with Crippen molar-refractivity contribution in [2.45, 2.75) is 13.0 Å². The zero-order chi connectivity index (χ0) is 16.9. The lowest BCUT2D eigenvalue weighted by Crippen LogP contribution is -2.34. The molecule has 0 spiro atoms. The van der Waals surface area contributed by atoms with Crippen LogP contribution in [-0.4, -0.2) is 25.0 Å². The van der Waals surface area contributed by atoms with E-state index in [-0.39, 0.29) is 12.7 Å². The smallest absolute Gasteiger partial charge is 0.262 e. The summed E-state index contributed by atoms with van der Waals surface area (Å²) in [5.41, 5.74) is 4.11. The van der Waals surface area contributed by atoms with Gasteiger partial charge in [0.2, 0.25) is 6.79 Å². The Hall–Kier alpha value is -2.73. The fraction of sp³-hybridized carbons (Fsp3) is 0.176. The Morgan fingerprint density at radius 3 is 2.75 bits per heavy atom. The number of fused-ring (bicyclic) bond motifs is 1. The van der Waals surface area contributed by atoms with Crippen molar-refractivity contribution in [3.05, 3.63) is 53.1 Å². The van der Waals surface area contributed by atoms with Crippen molar-refractivity contribution in [1.29, 1.82) is 0 Å². The zero-order valence-electron chi connectivity index (χ0n) is 13.0. The van der Waals surface area contributed by atoms with Crippen molar-refractivity contribution in [1.82, 2.24) is 5.43 Å². The molecule has 3 rings (SSSR count). The third kappa shape index (κ3) is 3.97. The molecule has 0 aromatic heterocycles. The largest absolute Gasteiger partial charge is 0.454 e. The molecule has 0 unspecified atom stereocenters. The maximum atomic E-state index is 12.0. The lowest BCUT2D eigenvalue weighted by Gasteiger charge is -2.13. The summed E-state index contributed by atoms with van der Waals surface area (Å²) in [6, 6.07) is 12.1. The van der Waals surface area contributed by atoms with E-state index in [0.717, 1.165) is 11.3 Å². The minimum atomic E-state index is -0.444. The van der Waals surface area contributed by atoms with E-state index in [0.29, 0.717) is 16.5 Å². The minimum Gasteiger partial charge on any atom is -0.454 e. The summed E-state index contributed by atoms with van der Waals surface area (Å²) in [5, 5.41) is 7.68. The Morgan fingerprint density at radius 1 is 1.21 bits per heavy atom. The molecular weight excluding hydrogens is 330 g/mol. The first-order valence-electron chi connectivity index (χ1n) is 7.36. The molecule has 0 saturated carbocycles. The van der Waals surface area contributed by atoms with Crippen LogP contribution in [0.2, 0.25) is 5.02 Å². The average molecular weight is 346 g/mol. The zero-order valence-corrected chi connectivity index (χ0v) is 13.7. The van der Waals surface area contributed by atoms with Crippen molar-refractivity contribution in [3.8, 4) is 11.5 Å². The van der Waals surface area contributed by atoms with Crippen LogP contribution in [0, 0.1) is 0 Å². The van der Waals surface area contributed by atoms with Crippen LogP contribution in [0.4, 0.5) is 5.69 Å². The second kappa shape index (κ2) is 7.23. The normalized spacial score (nSPS) is 13.8. The summed E-state index contributed by atoms with van der Waals surface area (Å²) in [5.74, 6) is 1.13. The Morgan fingerprint density at radius 2 is 1.96 bits per heavy atom. The van der Waals surface area contributed by atoms with Crippen molar-refractivity contribution in [3.63, 3.8) is 0 Å². The third-order valence-electron chi connectivity index (χ3n) is 3.41. The maximum absolute atomic E-state index is 12.0. The number of ether oxygens (including phenoxy) is 2. The Bertz CT molecular complexity index is 762. The van der Waals surface area contributed by atoms with E-state index >= 15 is 0 Å². The van der Waals surface area contributed by atoms with Crippen molar-refractivity contribution >= 4 is 29.4 Å². The van der Waals surface area contributed by atoms with E-state index in [1.165, 1.54) is 0 Å². The number of anilines is 1. The molecule has 0 radical (unpaired) electrons. The second-order valence-corrected chi connectivity index (χ2v) is 5.66. The fourth-order valence-corrected chi connectivity index (χ4v) is 2.25. The molecule has 2 aromatic carbocycles. The van der Waals surface area contributed by atoms with Crippen LogP contribution < -0.4 is 20.2 Å². The predicted octanol–water partition coefficient (Wildman–Crippen LogP) is 3.02. The van der Waals surface area contributed by atoms with E-state index < -0.39 is 6.04 Å². The summed E-state index contributed by atoms with van der Waals surface area (Å²) >= 11 is 5.83. The van der Waals surface area contributed by atoms with Crippen molar-refractivity contribution in [2.24, 2.45) is 5.10 Å². The van der Waals surface area contributed by atoms with Gasteiger partial charge in [0.25, 0.3) is 5.91 Å². The number of hydrogen-bond donors (Lipinski definition) is 2. The van der Waals surface area contributed by atoms with Gasteiger partial charge in [0.1, 0.15) is 6.04 Å². The highest BCUT2D eigenvalue weighted by atomic mass is 35.5. The Labute approximate surface area is 144 Å². The van der Waals surface area contributed by atoms with Gasteiger partial charge in [-0.2, -0.15) is 5.10 Å². The van der Waals surface area contributed by atoms with Crippen LogP contribution in [0.1, 0.15) is 12.5 Å². The molecular formula is C17H16ClN3O3. The topological polar surface area (TPSA) is 72.0 Å². The van der Waals surface area contributed by atoms with Gasteiger partial charge in [0, 0.05) is 10.7 Å². The van der Waals surface area contributed by atoms with Gasteiger partial charge < -0.3 is 14.8 Å². The van der Waals surface area contributed by atoms with Gasteiger partial charge in [-0.25, -0.2) is 5.43 Å². The first kappa shape index (κ1) is 16.1. The molecule has 1 aliphatic rings. The minimum absolute atomic E-state index is 0.223. The van der Waals surface area contributed by atoms with E-state index in [1.54, 1.807) is 37.4 Å². The molecule has 1 heterocycles. The molecule has 0 bridgehead atoms. The number of amides is 1. The molecule has 1 atom stereocenters. The molecule has 1 aliphatic heterocycles. The van der Waals surface area contributed by atoms with Gasteiger partial charge in [-0.05, 0) is 55.0 Å². The first-order valence-corrected chi connectivity index (χ1v) is 7.74. The van der Waals surface area contributed by atoms with Gasteiger partial charge in [0.15, 0.2) is 11.5 Å².